The number of aromatic nitrogens is 4. The third kappa shape index (κ3) is 3.34. The molecule has 0 atom stereocenters. The van der Waals surface area contributed by atoms with E-state index in [1.54, 1.807) is 6.92 Å². The van der Waals surface area contributed by atoms with Gasteiger partial charge in [-0.1, -0.05) is 0 Å². The van der Waals surface area contributed by atoms with Crippen LogP contribution in [0.15, 0.2) is 23.1 Å². The van der Waals surface area contributed by atoms with Crippen molar-refractivity contribution in [2.24, 2.45) is 0 Å². The van der Waals surface area contributed by atoms with Crippen molar-refractivity contribution >= 4 is 5.91 Å². The zero-order valence-electron chi connectivity index (χ0n) is 13.1. The summed E-state index contributed by atoms with van der Waals surface area (Å²) in [6.07, 6.45) is 1.49. The number of aromatic amines is 1. The van der Waals surface area contributed by atoms with Crippen molar-refractivity contribution in [1.82, 2.24) is 25.3 Å². The highest BCUT2D eigenvalue weighted by molar-refractivity contribution is 5.95. The van der Waals surface area contributed by atoms with Gasteiger partial charge in [0, 0.05) is 24.9 Å². The van der Waals surface area contributed by atoms with Gasteiger partial charge >= 0.3 is 0 Å². The maximum absolute atomic E-state index is 13.2. The Morgan fingerprint density at radius 3 is 2.71 bits per heavy atom. The fourth-order valence-electron chi connectivity index (χ4n) is 2.77. The second-order valence-electron chi connectivity index (χ2n) is 5.94. The Bertz CT molecular complexity index is 784. The summed E-state index contributed by atoms with van der Waals surface area (Å²) in [7, 11) is 0. The molecule has 0 spiro atoms. The van der Waals surface area contributed by atoms with Gasteiger partial charge in [0.1, 0.15) is 0 Å². The molecule has 24 heavy (non-hydrogen) atoms. The summed E-state index contributed by atoms with van der Waals surface area (Å²) >= 11 is 0. The zero-order valence-corrected chi connectivity index (χ0v) is 13.1. The summed E-state index contributed by atoms with van der Waals surface area (Å²) in [5.41, 5.74) is 0.559. The molecule has 1 amide bonds. The first kappa shape index (κ1) is 16.3. The monoisotopic (exact) mass is 337 g/mol. The summed E-state index contributed by atoms with van der Waals surface area (Å²) in [6.45, 7) is 1.70. The number of carbonyl (C=O) groups is 1. The normalized spacial score (nSPS) is 17.6. The van der Waals surface area contributed by atoms with Crippen molar-refractivity contribution in [2.75, 3.05) is 0 Å². The first-order valence-corrected chi connectivity index (χ1v) is 7.65. The van der Waals surface area contributed by atoms with Crippen LogP contribution in [0.5, 0.6) is 0 Å². The number of hydrogen-bond donors (Lipinski definition) is 2. The van der Waals surface area contributed by atoms with Crippen molar-refractivity contribution in [3.05, 3.63) is 39.9 Å². The van der Waals surface area contributed by atoms with E-state index in [0.29, 0.717) is 17.1 Å². The predicted octanol–water partition coefficient (Wildman–Crippen LogP) is 1.57. The van der Waals surface area contributed by atoms with Gasteiger partial charge in [0.25, 0.3) is 11.5 Å². The Kier molecular flexibility index (Phi) is 4.16. The lowest BCUT2D eigenvalue weighted by atomic mass is 9.92. The predicted molar refractivity (Wildman–Crippen MR) is 81.4 cm³/mol. The summed E-state index contributed by atoms with van der Waals surface area (Å²) in [4.78, 5) is 23.4. The molecule has 1 saturated carbocycles. The Labute approximate surface area is 136 Å². The number of nitrogens with zero attached hydrogens (tertiary/aromatic N) is 3. The van der Waals surface area contributed by atoms with E-state index < -0.39 is 5.92 Å². The highest BCUT2D eigenvalue weighted by Crippen LogP contribution is 2.33. The highest BCUT2D eigenvalue weighted by Gasteiger charge is 2.35. The molecule has 0 radical (unpaired) electrons. The lowest BCUT2D eigenvalue weighted by Gasteiger charge is -2.28. The van der Waals surface area contributed by atoms with Crippen LogP contribution in [0.4, 0.5) is 8.78 Å². The van der Waals surface area contributed by atoms with Crippen LogP contribution < -0.4 is 10.9 Å². The molecule has 0 aromatic carbocycles. The fourth-order valence-corrected chi connectivity index (χ4v) is 2.77. The quantitative estimate of drug-likeness (QED) is 0.889. The van der Waals surface area contributed by atoms with E-state index in [0.717, 1.165) is 0 Å². The van der Waals surface area contributed by atoms with E-state index in [-0.39, 0.29) is 43.2 Å². The van der Waals surface area contributed by atoms with E-state index >= 15 is 0 Å². The largest absolute Gasteiger partial charge is 0.349 e. The maximum atomic E-state index is 13.2. The summed E-state index contributed by atoms with van der Waals surface area (Å²) in [5.74, 6) is -2.60. The molecular formula is C15H17F2N5O2. The Hall–Kier alpha value is -2.58. The number of amides is 1. The average Bonchev–Trinajstić information content (AvgIpc) is 2.92. The molecule has 128 valence electrons. The van der Waals surface area contributed by atoms with Crippen LogP contribution in [0.1, 0.15) is 41.7 Å². The highest BCUT2D eigenvalue weighted by atomic mass is 19.3. The van der Waals surface area contributed by atoms with Crippen molar-refractivity contribution in [3.8, 4) is 5.82 Å². The summed E-state index contributed by atoms with van der Waals surface area (Å²) < 4.78 is 27.8. The topological polar surface area (TPSA) is 92.7 Å². The smallest absolute Gasteiger partial charge is 0.264 e. The summed E-state index contributed by atoms with van der Waals surface area (Å²) in [5, 5.41) is 13.0. The van der Waals surface area contributed by atoms with Gasteiger partial charge in [-0.2, -0.15) is 10.2 Å². The average molecular weight is 337 g/mol. The van der Waals surface area contributed by atoms with Crippen molar-refractivity contribution in [3.63, 3.8) is 0 Å². The molecule has 0 unspecified atom stereocenters. The molecule has 2 aromatic rings. The molecule has 1 fully saturated rings. The van der Waals surface area contributed by atoms with Crippen LogP contribution in [-0.4, -0.2) is 37.8 Å². The molecule has 9 heteroatoms. The SMILES string of the molecule is Cc1c(C(=O)NC2CCC(F)(F)CC2)cnn1-c1ccc(=O)[nH]n1. The fraction of sp³-hybridized carbons (Fsp3) is 0.467. The van der Waals surface area contributed by atoms with E-state index in [4.69, 9.17) is 0 Å². The maximum Gasteiger partial charge on any atom is 0.264 e. The standard InChI is InChI=1S/C15H17F2N5O2/c1-9-11(8-18-22(9)12-2-3-13(23)21-20-12)14(24)19-10-4-6-15(16,17)7-5-10/h2-3,8,10H,4-7H2,1H3,(H,19,24)(H,21,23). The van der Waals surface area contributed by atoms with Crippen LogP contribution >= 0.6 is 0 Å². The van der Waals surface area contributed by atoms with E-state index in [9.17, 15) is 18.4 Å². The second-order valence-corrected chi connectivity index (χ2v) is 5.94. The van der Waals surface area contributed by atoms with E-state index in [1.165, 1.54) is 23.0 Å². The van der Waals surface area contributed by atoms with Crippen molar-refractivity contribution < 1.29 is 13.6 Å². The lowest BCUT2D eigenvalue weighted by Crippen LogP contribution is -2.40. The van der Waals surface area contributed by atoms with Gasteiger partial charge in [-0.05, 0) is 25.8 Å². The number of carbonyl (C=O) groups excluding carboxylic acids is 1. The van der Waals surface area contributed by atoms with Gasteiger partial charge in [0.15, 0.2) is 5.82 Å². The number of alkyl halides is 2. The lowest BCUT2D eigenvalue weighted by molar-refractivity contribution is -0.0399. The molecule has 2 aromatic heterocycles. The van der Waals surface area contributed by atoms with Crippen LogP contribution in [0.3, 0.4) is 0 Å². The van der Waals surface area contributed by atoms with Crippen LogP contribution in [0.25, 0.3) is 5.82 Å². The number of nitrogens with one attached hydrogen (secondary N) is 2. The van der Waals surface area contributed by atoms with E-state index in [2.05, 4.69) is 20.6 Å². The Morgan fingerprint density at radius 1 is 1.38 bits per heavy atom. The molecule has 2 heterocycles. The molecule has 1 aliphatic carbocycles. The second kappa shape index (κ2) is 6.14. The van der Waals surface area contributed by atoms with Crippen LogP contribution in [-0.2, 0) is 0 Å². The molecule has 0 saturated heterocycles. The molecular weight excluding hydrogens is 320 g/mol. The third-order valence-corrected chi connectivity index (χ3v) is 4.19. The van der Waals surface area contributed by atoms with Gasteiger partial charge in [-0.25, -0.2) is 18.6 Å². The number of halogens is 2. The minimum atomic E-state index is -2.63. The third-order valence-electron chi connectivity index (χ3n) is 4.19. The Balaban J connectivity index is 1.72. The van der Waals surface area contributed by atoms with E-state index in [1.807, 2.05) is 0 Å². The van der Waals surface area contributed by atoms with Gasteiger partial charge < -0.3 is 5.32 Å². The van der Waals surface area contributed by atoms with Gasteiger partial charge in [0.05, 0.1) is 17.5 Å². The number of H-pyrrole nitrogens is 1. The number of rotatable bonds is 3. The minimum absolute atomic E-state index is 0.211. The Morgan fingerprint density at radius 2 is 2.08 bits per heavy atom. The number of hydrogen-bond acceptors (Lipinski definition) is 4. The van der Waals surface area contributed by atoms with Crippen LogP contribution in [0, 0.1) is 6.92 Å². The minimum Gasteiger partial charge on any atom is -0.349 e. The van der Waals surface area contributed by atoms with Gasteiger partial charge in [0.2, 0.25) is 5.92 Å². The molecule has 0 aliphatic heterocycles. The van der Waals surface area contributed by atoms with Crippen molar-refractivity contribution in [1.29, 1.82) is 0 Å². The zero-order chi connectivity index (χ0) is 17.3. The molecule has 7 nitrogen and oxygen atoms in total. The van der Waals surface area contributed by atoms with Gasteiger partial charge in [-0.3, -0.25) is 9.59 Å². The first-order chi connectivity index (χ1) is 11.4. The first-order valence-electron chi connectivity index (χ1n) is 7.65. The van der Waals surface area contributed by atoms with Crippen LogP contribution in [0.2, 0.25) is 0 Å². The van der Waals surface area contributed by atoms with Gasteiger partial charge in [-0.15, -0.1) is 0 Å². The summed E-state index contributed by atoms with van der Waals surface area (Å²) in [6, 6.07) is 2.54. The van der Waals surface area contributed by atoms with Crippen molar-refractivity contribution in [2.45, 2.75) is 44.6 Å². The molecule has 1 aliphatic rings. The molecule has 2 N–H and O–H groups in total. The molecule has 3 rings (SSSR count). The molecule has 0 bridgehead atoms.